The number of rotatable bonds is 5. The van der Waals surface area contributed by atoms with Gasteiger partial charge in [0.15, 0.2) is 10.6 Å². The van der Waals surface area contributed by atoms with Crippen molar-refractivity contribution < 1.29 is 4.39 Å². The van der Waals surface area contributed by atoms with Crippen molar-refractivity contribution in [3.63, 3.8) is 0 Å². The van der Waals surface area contributed by atoms with Crippen molar-refractivity contribution in [1.29, 1.82) is 0 Å². The highest BCUT2D eigenvalue weighted by Crippen LogP contribution is 2.38. The molecular formula is C21H23FN6S. The van der Waals surface area contributed by atoms with Gasteiger partial charge in [-0.05, 0) is 61.5 Å². The van der Waals surface area contributed by atoms with Gasteiger partial charge in [-0.3, -0.25) is 14.5 Å². The molecule has 0 bridgehead atoms. The molecule has 1 aliphatic carbocycles. The van der Waals surface area contributed by atoms with E-state index in [1.807, 2.05) is 28.9 Å². The first kappa shape index (κ1) is 18.4. The average Bonchev–Trinajstić information content (AvgIpc) is 3.54. The summed E-state index contributed by atoms with van der Waals surface area (Å²) in [5.41, 5.74) is 2.12. The van der Waals surface area contributed by atoms with Gasteiger partial charge in [0.25, 0.3) is 0 Å². The van der Waals surface area contributed by atoms with Crippen LogP contribution in [0.2, 0.25) is 0 Å². The zero-order chi connectivity index (χ0) is 19.8. The summed E-state index contributed by atoms with van der Waals surface area (Å²) in [5.74, 6) is 0.739. The van der Waals surface area contributed by atoms with Crippen LogP contribution < -0.4 is 4.90 Å². The molecule has 0 amide bonds. The molecule has 3 aromatic rings. The molecule has 1 aromatic carbocycles. The lowest BCUT2D eigenvalue weighted by Crippen LogP contribution is -2.47. The standard InChI is InChI=1S/C21H23FN6S/c22-17-1-3-18(4-2-17)26-13-11-25(12-14-26)15-27-21(29)28(19-5-6-19)20(24-27)16-7-9-23-10-8-16/h1-4,7-10,19H,5-6,11-15H2. The van der Waals surface area contributed by atoms with Crippen molar-refractivity contribution in [3.8, 4) is 11.4 Å². The molecule has 0 spiro atoms. The molecule has 0 atom stereocenters. The lowest BCUT2D eigenvalue weighted by molar-refractivity contribution is 0.194. The first-order valence-electron chi connectivity index (χ1n) is 10.0. The topological polar surface area (TPSA) is 42.1 Å². The Morgan fingerprint density at radius 2 is 1.66 bits per heavy atom. The van der Waals surface area contributed by atoms with Crippen LogP contribution in [0.25, 0.3) is 11.4 Å². The summed E-state index contributed by atoms with van der Waals surface area (Å²) in [6.45, 7) is 4.33. The zero-order valence-corrected chi connectivity index (χ0v) is 16.9. The van der Waals surface area contributed by atoms with E-state index in [9.17, 15) is 4.39 Å². The molecule has 1 aliphatic heterocycles. The van der Waals surface area contributed by atoms with E-state index in [1.165, 1.54) is 12.1 Å². The fourth-order valence-electron chi connectivity index (χ4n) is 3.86. The summed E-state index contributed by atoms with van der Waals surface area (Å²) in [6, 6.07) is 11.2. The molecule has 6 nitrogen and oxygen atoms in total. The van der Waals surface area contributed by atoms with E-state index in [0.717, 1.165) is 60.9 Å². The van der Waals surface area contributed by atoms with Crippen molar-refractivity contribution in [2.75, 3.05) is 31.1 Å². The molecule has 29 heavy (non-hydrogen) atoms. The van der Waals surface area contributed by atoms with Crippen LogP contribution in [0.4, 0.5) is 10.1 Å². The highest BCUT2D eigenvalue weighted by atomic mass is 32.1. The number of pyridine rings is 1. The quantitative estimate of drug-likeness (QED) is 0.600. The first-order chi connectivity index (χ1) is 14.2. The number of anilines is 1. The molecule has 8 heteroatoms. The van der Waals surface area contributed by atoms with E-state index < -0.39 is 0 Å². The lowest BCUT2D eigenvalue weighted by Gasteiger charge is -2.35. The minimum atomic E-state index is -0.196. The molecule has 2 aromatic heterocycles. The highest BCUT2D eigenvalue weighted by Gasteiger charge is 2.29. The lowest BCUT2D eigenvalue weighted by atomic mass is 10.2. The molecule has 0 N–H and O–H groups in total. The summed E-state index contributed by atoms with van der Waals surface area (Å²) in [4.78, 5) is 8.78. The third kappa shape index (κ3) is 3.82. The molecule has 3 heterocycles. The molecule has 0 unspecified atom stereocenters. The van der Waals surface area contributed by atoms with Crippen molar-refractivity contribution in [3.05, 3.63) is 59.4 Å². The summed E-state index contributed by atoms with van der Waals surface area (Å²) in [7, 11) is 0. The van der Waals surface area contributed by atoms with Crippen molar-refractivity contribution in [1.82, 2.24) is 24.2 Å². The third-order valence-electron chi connectivity index (χ3n) is 5.62. The minimum absolute atomic E-state index is 0.196. The van der Waals surface area contributed by atoms with Crippen LogP contribution in [-0.2, 0) is 6.67 Å². The SMILES string of the molecule is Fc1ccc(N2CCN(Cn3nc(-c4ccncc4)n(C4CC4)c3=S)CC2)cc1. The Kier molecular flexibility index (Phi) is 4.89. The number of nitrogens with zero attached hydrogens (tertiary/aromatic N) is 6. The van der Waals surface area contributed by atoms with Gasteiger partial charge in [-0.1, -0.05) is 0 Å². The Morgan fingerprint density at radius 3 is 2.31 bits per heavy atom. The van der Waals surface area contributed by atoms with Gasteiger partial charge >= 0.3 is 0 Å². The van der Waals surface area contributed by atoms with Crippen LogP contribution in [0.5, 0.6) is 0 Å². The van der Waals surface area contributed by atoms with Crippen LogP contribution in [0, 0.1) is 10.6 Å². The van der Waals surface area contributed by atoms with E-state index in [-0.39, 0.29) is 5.82 Å². The minimum Gasteiger partial charge on any atom is -0.369 e. The van der Waals surface area contributed by atoms with E-state index in [4.69, 9.17) is 17.3 Å². The van der Waals surface area contributed by atoms with Gasteiger partial charge in [0.2, 0.25) is 0 Å². The number of benzene rings is 1. The smallest absolute Gasteiger partial charge is 0.199 e. The number of aromatic nitrogens is 4. The maximum Gasteiger partial charge on any atom is 0.199 e. The van der Waals surface area contributed by atoms with Gasteiger partial charge in [0.1, 0.15) is 5.82 Å². The Hall–Kier alpha value is -2.58. The van der Waals surface area contributed by atoms with Crippen molar-refractivity contribution >= 4 is 17.9 Å². The average molecular weight is 411 g/mol. The molecule has 0 radical (unpaired) electrons. The second-order valence-corrected chi connectivity index (χ2v) is 8.03. The van der Waals surface area contributed by atoms with E-state index in [1.54, 1.807) is 12.4 Å². The normalized spacial score (nSPS) is 17.6. The molecule has 5 rings (SSSR count). The van der Waals surface area contributed by atoms with Crippen molar-refractivity contribution in [2.24, 2.45) is 0 Å². The van der Waals surface area contributed by atoms with Crippen LogP contribution >= 0.6 is 12.2 Å². The number of piperazine rings is 1. The van der Waals surface area contributed by atoms with Crippen LogP contribution in [0.3, 0.4) is 0 Å². The van der Waals surface area contributed by atoms with Gasteiger partial charge in [-0.2, -0.15) is 5.10 Å². The second-order valence-electron chi connectivity index (χ2n) is 7.67. The fourth-order valence-corrected chi connectivity index (χ4v) is 4.19. The first-order valence-corrected chi connectivity index (χ1v) is 10.4. The maximum atomic E-state index is 13.2. The maximum absolute atomic E-state index is 13.2. The molecule has 1 saturated carbocycles. The summed E-state index contributed by atoms with van der Waals surface area (Å²) in [6.07, 6.45) is 5.91. The zero-order valence-electron chi connectivity index (χ0n) is 16.1. The van der Waals surface area contributed by atoms with Crippen molar-refractivity contribution in [2.45, 2.75) is 25.6 Å². The highest BCUT2D eigenvalue weighted by molar-refractivity contribution is 7.71. The van der Waals surface area contributed by atoms with Crippen LogP contribution in [0.15, 0.2) is 48.8 Å². The molecular weight excluding hydrogens is 387 g/mol. The van der Waals surface area contributed by atoms with E-state index in [0.29, 0.717) is 12.7 Å². The molecule has 2 aliphatic rings. The fraction of sp³-hybridized carbons (Fsp3) is 0.381. The summed E-state index contributed by atoms with van der Waals surface area (Å²) < 4.78 is 18.1. The molecule has 150 valence electrons. The number of hydrogen-bond donors (Lipinski definition) is 0. The molecule has 1 saturated heterocycles. The number of halogens is 1. The van der Waals surface area contributed by atoms with Crippen LogP contribution in [-0.4, -0.2) is 50.4 Å². The predicted octanol–water partition coefficient (Wildman–Crippen LogP) is 3.73. The molecule has 2 fully saturated rings. The van der Waals surface area contributed by atoms with Gasteiger partial charge in [0, 0.05) is 55.9 Å². The van der Waals surface area contributed by atoms with Gasteiger partial charge in [0.05, 0.1) is 6.67 Å². The Morgan fingerprint density at radius 1 is 0.966 bits per heavy atom. The monoisotopic (exact) mass is 410 g/mol. The third-order valence-corrected chi connectivity index (χ3v) is 6.03. The summed E-state index contributed by atoms with van der Waals surface area (Å²) in [5, 5.41) is 4.87. The van der Waals surface area contributed by atoms with Gasteiger partial charge in [-0.15, -0.1) is 0 Å². The van der Waals surface area contributed by atoms with Crippen LogP contribution in [0.1, 0.15) is 18.9 Å². The van der Waals surface area contributed by atoms with Gasteiger partial charge < -0.3 is 4.90 Å². The number of hydrogen-bond acceptors (Lipinski definition) is 5. The Balaban J connectivity index is 1.31. The Labute approximate surface area is 174 Å². The second kappa shape index (κ2) is 7.68. The van der Waals surface area contributed by atoms with E-state index in [2.05, 4.69) is 19.4 Å². The summed E-state index contributed by atoms with van der Waals surface area (Å²) >= 11 is 5.78. The van der Waals surface area contributed by atoms with E-state index >= 15 is 0 Å². The predicted molar refractivity (Wildman–Crippen MR) is 113 cm³/mol. The largest absolute Gasteiger partial charge is 0.369 e. The van der Waals surface area contributed by atoms with Gasteiger partial charge in [-0.25, -0.2) is 9.07 Å². The Bertz CT molecular complexity index is 1030.